The van der Waals surface area contributed by atoms with Crippen LogP contribution >= 0.6 is 12.6 Å². The summed E-state index contributed by atoms with van der Waals surface area (Å²) >= 11 is 3.86. The fraction of sp³-hybridized carbons (Fsp3) is 0.364. The monoisotopic (exact) mass is 209 g/mol. The van der Waals surface area contributed by atoms with E-state index in [4.69, 9.17) is 0 Å². The molecule has 76 valence electrons. The Morgan fingerprint density at radius 2 is 2.00 bits per heavy atom. The Morgan fingerprint density at radius 1 is 1.36 bits per heavy atom. The molecule has 1 amide bonds. The minimum atomic E-state index is -0.190. The molecule has 0 aliphatic heterocycles. The van der Waals surface area contributed by atoms with Crippen molar-refractivity contribution < 1.29 is 4.79 Å². The van der Waals surface area contributed by atoms with Crippen LogP contribution in [0.25, 0.3) is 0 Å². The summed E-state index contributed by atoms with van der Waals surface area (Å²) in [6.07, 6.45) is 2.07. The van der Waals surface area contributed by atoms with Crippen LogP contribution in [0.1, 0.15) is 19.8 Å². The Bertz CT molecular complexity index is 287. The standard InChI is InChI=1S/C11H15NOS/c1-2-3-9-12(11(13)14)10-7-5-4-6-8-10/h4-8H,2-3,9H2,1H3,(H,13,14). The SMILES string of the molecule is CCCCN(C(=O)S)c1ccccc1. The third-order valence-electron chi connectivity index (χ3n) is 2.03. The topological polar surface area (TPSA) is 20.3 Å². The number of carbonyl (C=O) groups is 1. The van der Waals surface area contributed by atoms with Gasteiger partial charge in [-0.05, 0) is 18.6 Å². The number of carbonyl (C=O) groups excluding carboxylic acids is 1. The molecule has 0 N–H and O–H groups in total. The maximum absolute atomic E-state index is 11.2. The highest BCUT2D eigenvalue weighted by Crippen LogP contribution is 2.15. The summed E-state index contributed by atoms with van der Waals surface area (Å²) in [6.45, 7) is 2.84. The average molecular weight is 209 g/mol. The lowest BCUT2D eigenvalue weighted by atomic mass is 10.2. The second kappa shape index (κ2) is 5.70. The van der Waals surface area contributed by atoms with Crippen LogP contribution in [-0.4, -0.2) is 11.8 Å². The van der Waals surface area contributed by atoms with Crippen molar-refractivity contribution >= 4 is 23.6 Å². The summed E-state index contributed by atoms with van der Waals surface area (Å²) in [5.74, 6) is 0. The molecule has 2 nitrogen and oxygen atoms in total. The molecule has 0 aliphatic rings. The third kappa shape index (κ3) is 3.07. The summed E-state index contributed by atoms with van der Waals surface area (Å²) in [4.78, 5) is 12.9. The van der Waals surface area contributed by atoms with E-state index in [0.29, 0.717) is 0 Å². The van der Waals surface area contributed by atoms with Gasteiger partial charge in [0, 0.05) is 12.2 Å². The first-order valence-corrected chi connectivity index (χ1v) is 5.26. The summed E-state index contributed by atoms with van der Waals surface area (Å²) in [5.41, 5.74) is 0.918. The summed E-state index contributed by atoms with van der Waals surface area (Å²) < 4.78 is 0. The number of rotatable bonds is 4. The number of nitrogens with zero attached hydrogens (tertiary/aromatic N) is 1. The number of para-hydroxylation sites is 1. The normalized spacial score (nSPS) is 9.86. The van der Waals surface area contributed by atoms with Gasteiger partial charge < -0.3 is 4.90 Å². The number of anilines is 1. The summed E-state index contributed by atoms with van der Waals surface area (Å²) in [5, 5.41) is -0.190. The van der Waals surface area contributed by atoms with Crippen LogP contribution in [0.2, 0.25) is 0 Å². The minimum Gasteiger partial charge on any atom is -0.304 e. The van der Waals surface area contributed by atoms with Crippen molar-refractivity contribution in [3.63, 3.8) is 0 Å². The van der Waals surface area contributed by atoms with Gasteiger partial charge in [-0.1, -0.05) is 44.2 Å². The molecule has 1 rings (SSSR count). The molecule has 0 aliphatic carbocycles. The Morgan fingerprint density at radius 3 is 2.50 bits per heavy atom. The maximum atomic E-state index is 11.2. The zero-order valence-electron chi connectivity index (χ0n) is 8.31. The smallest absolute Gasteiger partial charge is 0.282 e. The molecule has 3 heteroatoms. The van der Waals surface area contributed by atoms with Gasteiger partial charge in [-0.25, -0.2) is 0 Å². The highest BCUT2D eigenvalue weighted by molar-refractivity contribution is 7.96. The zero-order valence-corrected chi connectivity index (χ0v) is 9.21. The van der Waals surface area contributed by atoms with Crippen molar-refractivity contribution in [3.05, 3.63) is 30.3 Å². The van der Waals surface area contributed by atoms with E-state index in [-0.39, 0.29) is 5.24 Å². The maximum Gasteiger partial charge on any atom is 0.282 e. The predicted molar refractivity (Wildman–Crippen MR) is 63.1 cm³/mol. The third-order valence-corrected chi connectivity index (χ3v) is 2.28. The van der Waals surface area contributed by atoms with Crippen LogP contribution in [0, 0.1) is 0 Å². The molecule has 0 spiro atoms. The second-order valence-corrected chi connectivity index (χ2v) is 3.51. The number of thiol groups is 1. The lowest BCUT2D eigenvalue weighted by Gasteiger charge is -2.19. The van der Waals surface area contributed by atoms with Crippen molar-refractivity contribution in [3.8, 4) is 0 Å². The van der Waals surface area contributed by atoms with E-state index in [1.165, 1.54) is 0 Å². The number of hydrogen-bond donors (Lipinski definition) is 1. The largest absolute Gasteiger partial charge is 0.304 e. The van der Waals surface area contributed by atoms with Gasteiger partial charge in [0.25, 0.3) is 5.24 Å². The second-order valence-electron chi connectivity index (χ2n) is 3.12. The molecule has 1 aromatic carbocycles. The van der Waals surface area contributed by atoms with Crippen molar-refractivity contribution in [2.24, 2.45) is 0 Å². The van der Waals surface area contributed by atoms with Gasteiger partial charge >= 0.3 is 0 Å². The van der Waals surface area contributed by atoms with Gasteiger partial charge in [-0.3, -0.25) is 4.79 Å². The quantitative estimate of drug-likeness (QED) is 0.754. The summed E-state index contributed by atoms with van der Waals surface area (Å²) in [7, 11) is 0. The Labute approximate surface area is 90.3 Å². The molecule has 1 aromatic rings. The first-order chi connectivity index (χ1) is 6.75. The Kier molecular flexibility index (Phi) is 4.53. The van der Waals surface area contributed by atoms with Gasteiger partial charge in [0.15, 0.2) is 0 Å². The van der Waals surface area contributed by atoms with Crippen molar-refractivity contribution in [1.29, 1.82) is 0 Å². The first kappa shape index (κ1) is 11.1. The number of benzene rings is 1. The van der Waals surface area contributed by atoms with Gasteiger partial charge in [0.2, 0.25) is 0 Å². The van der Waals surface area contributed by atoms with E-state index < -0.39 is 0 Å². The molecule has 0 saturated carbocycles. The number of hydrogen-bond acceptors (Lipinski definition) is 1. The van der Waals surface area contributed by atoms with Crippen molar-refractivity contribution in [1.82, 2.24) is 0 Å². The lowest BCUT2D eigenvalue weighted by molar-refractivity contribution is 0.265. The Balaban J connectivity index is 2.73. The molecule has 0 aromatic heterocycles. The molecule has 0 bridgehead atoms. The lowest BCUT2D eigenvalue weighted by Crippen LogP contribution is -2.26. The van der Waals surface area contributed by atoms with Crippen LogP contribution in [-0.2, 0) is 0 Å². The molecule has 0 atom stereocenters. The van der Waals surface area contributed by atoms with Gasteiger partial charge in [0.05, 0.1) is 0 Å². The fourth-order valence-corrected chi connectivity index (χ4v) is 1.47. The van der Waals surface area contributed by atoms with Crippen molar-refractivity contribution in [2.45, 2.75) is 19.8 Å². The molecular formula is C11H15NOS. The summed E-state index contributed by atoms with van der Waals surface area (Å²) in [6, 6.07) is 9.62. The molecule has 0 saturated heterocycles. The van der Waals surface area contributed by atoms with E-state index in [9.17, 15) is 4.79 Å². The average Bonchev–Trinajstić information content (AvgIpc) is 2.19. The molecule has 0 heterocycles. The molecule has 0 unspecified atom stereocenters. The predicted octanol–water partition coefficient (Wildman–Crippen LogP) is 3.34. The van der Waals surface area contributed by atoms with Crippen LogP contribution < -0.4 is 4.90 Å². The van der Waals surface area contributed by atoms with Gasteiger partial charge in [-0.2, -0.15) is 0 Å². The van der Waals surface area contributed by atoms with Crippen molar-refractivity contribution in [2.75, 3.05) is 11.4 Å². The van der Waals surface area contributed by atoms with Gasteiger partial charge in [-0.15, -0.1) is 0 Å². The van der Waals surface area contributed by atoms with Crippen LogP contribution in [0.4, 0.5) is 10.5 Å². The molecule has 0 fully saturated rings. The van der Waals surface area contributed by atoms with E-state index in [1.807, 2.05) is 30.3 Å². The van der Waals surface area contributed by atoms with E-state index in [2.05, 4.69) is 19.6 Å². The Hall–Kier alpha value is -0.960. The molecule has 14 heavy (non-hydrogen) atoms. The molecular weight excluding hydrogens is 194 g/mol. The van der Waals surface area contributed by atoms with Crippen LogP contribution in [0.3, 0.4) is 0 Å². The highest BCUT2D eigenvalue weighted by atomic mass is 32.1. The van der Waals surface area contributed by atoms with Gasteiger partial charge in [0.1, 0.15) is 0 Å². The first-order valence-electron chi connectivity index (χ1n) is 4.81. The van der Waals surface area contributed by atoms with E-state index >= 15 is 0 Å². The number of unbranched alkanes of at least 4 members (excludes halogenated alkanes) is 1. The highest BCUT2D eigenvalue weighted by Gasteiger charge is 2.09. The molecule has 0 radical (unpaired) electrons. The minimum absolute atomic E-state index is 0.190. The van der Waals surface area contributed by atoms with E-state index in [1.54, 1.807) is 4.90 Å². The van der Waals surface area contributed by atoms with Crippen LogP contribution in [0.15, 0.2) is 30.3 Å². The number of amides is 1. The zero-order chi connectivity index (χ0) is 10.4. The van der Waals surface area contributed by atoms with Crippen LogP contribution in [0.5, 0.6) is 0 Å². The fourth-order valence-electron chi connectivity index (χ4n) is 1.26. The van der Waals surface area contributed by atoms with E-state index in [0.717, 1.165) is 25.1 Å².